The molecule has 1 N–H and O–H groups in total. The lowest BCUT2D eigenvalue weighted by Crippen LogP contribution is -2.78. The maximum absolute atomic E-state index is 13.1. The van der Waals surface area contributed by atoms with E-state index in [1.807, 2.05) is 17.0 Å². The van der Waals surface area contributed by atoms with Crippen LogP contribution in [0.3, 0.4) is 0 Å². The van der Waals surface area contributed by atoms with E-state index in [-0.39, 0.29) is 23.6 Å². The molecule has 0 aliphatic carbocycles. The van der Waals surface area contributed by atoms with Crippen molar-refractivity contribution >= 4 is 5.91 Å². The van der Waals surface area contributed by atoms with Crippen molar-refractivity contribution in [3.05, 3.63) is 66.0 Å². The predicted molar refractivity (Wildman–Crippen MR) is 111 cm³/mol. The van der Waals surface area contributed by atoms with E-state index in [1.54, 1.807) is 12.4 Å². The van der Waals surface area contributed by atoms with Gasteiger partial charge in [-0.3, -0.25) is 19.6 Å². The molecule has 5 rings (SSSR count). The predicted octanol–water partition coefficient (Wildman–Crippen LogP) is 1.27. The van der Waals surface area contributed by atoms with Crippen molar-refractivity contribution in [2.75, 3.05) is 39.3 Å². The highest BCUT2D eigenvalue weighted by atomic mass is 16.3. The van der Waals surface area contributed by atoms with Crippen LogP contribution in [0.2, 0.25) is 0 Å². The number of aliphatic hydroxyl groups is 1. The van der Waals surface area contributed by atoms with Gasteiger partial charge < -0.3 is 10.0 Å². The molecule has 0 saturated carbocycles. The quantitative estimate of drug-likeness (QED) is 0.849. The van der Waals surface area contributed by atoms with Crippen molar-refractivity contribution in [2.45, 2.75) is 30.5 Å². The minimum atomic E-state index is -0.288. The third-order valence-electron chi connectivity index (χ3n) is 6.71. The number of benzene rings is 1. The Bertz CT molecular complexity index is 854. The number of aliphatic hydroxyl groups excluding tert-OH is 1. The number of hydrogen-bond acceptors (Lipinski definition) is 5. The average Bonchev–Trinajstić information content (AvgIpc) is 3.11. The molecule has 3 fully saturated rings. The lowest BCUT2D eigenvalue weighted by molar-refractivity contribution is -0.105. The Morgan fingerprint density at radius 2 is 1.93 bits per heavy atom. The average molecular weight is 393 g/mol. The summed E-state index contributed by atoms with van der Waals surface area (Å²) in [5.41, 5.74) is 1.98. The number of pyridine rings is 1. The monoisotopic (exact) mass is 392 g/mol. The van der Waals surface area contributed by atoms with Crippen LogP contribution in [0.5, 0.6) is 0 Å². The summed E-state index contributed by atoms with van der Waals surface area (Å²) in [6.07, 6.45) is 4.85. The van der Waals surface area contributed by atoms with E-state index in [0.29, 0.717) is 12.1 Å². The highest BCUT2D eigenvalue weighted by Gasteiger charge is 2.56. The molecule has 0 bridgehead atoms. The van der Waals surface area contributed by atoms with Gasteiger partial charge in [0.1, 0.15) is 0 Å². The minimum absolute atomic E-state index is 0.0328. The number of nitrogens with zero attached hydrogens (tertiary/aromatic N) is 4. The Balaban J connectivity index is 1.28. The molecular formula is C23H28N4O2. The summed E-state index contributed by atoms with van der Waals surface area (Å²) < 4.78 is 0. The molecule has 3 aliphatic rings. The van der Waals surface area contributed by atoms with E-state index in [2.05, 4.69) is 45.1 Å². The number of aromatic nitrogens is 1. The summed E-state index contributed by atoms with van der Waals surface area (Å²) in [6.45, 7) is 5.09. The van der Waals surface area contributed by atoms with Gasteiger partial charge in [0.05, 0.1) is 17.2 Å². The fourth-order valence-electron chi connectivity index (χ4n) is 5.40. The Morgan fingerprint density at radius 3 is 2.69 bits per heavy atom. The molecule has 152 valence electrons. The van der Waals surface area contributed by atoms with Gasteiger partial charge in [0, 0.05) is 57.7 Å². The van der Waals surface area contributed by atoms with E-state index >= 15 is 0 Å². The summed E-state index contributed by atoms with van der Waals surface area (Å²) in [6, 6.07) is 14.5. The van der Waals surface area contributed by atoms with Gasteiger partial charge in [0.15, 0.2) is 0 Å². The Morgan fingerprint density at radius 1 is 1.10 bits per heavy atom. The standard InChI is InChI=1S/C23H28N4O2/c28-21-11-20-13-26(22(29)19-7-4-9-24-12-19)17-23(27(20)14-21)15-25(16-23)10-8-18-5-2-1-3-6-18/h1-7,9,12,20-21,28H,8,10-11,13-17H2/t20-,21+/m0/s1. The molecular weight excluding hydrogens is 364 g/mol. The van der Waals surface area contributed by atoms with Crippen molar-refractivity contribution in [1.82, 2.24) is 19.7 Å². The first-order valence-electron chi connectivity index (χ1n) is 10.5. The van der Waals surface area contributed by atoms with E-state index in [1.165, 1.54) is 5.56 Å². The zero-order valence-electron chi connectivity index (χ0n) is 16.7. The van der Waals surface area contributed by atoms with Crippen molar-refractivity contribution < 1.29 is 9.90 Å². The molecule has 0 unspecified atom stereocenters. The molecule has 4 heterocycles. The Hall–Kier alpha value is -2.28. The molecule has 1 aromatic carbocycles. The van der Waals surface area contributed by atoms with E-state index in [0.717, 1.165) is 45.6 Å². The normalized spacial score (nSPS) is 26.3. The number of rotatable bonds is 4. The summed E-state index contributed by atoms with van der Waals surface area (Å²) in [5, 5.41) is 10.3. The van der Waals surface area contributed by atoms with Crippen molar-refractivity contribution in [1.29, 1.82) is 0 Å². The third-order valence-corrected chi connectivity index (χ3v) is 6.71. The number of carbonyl (C=O) groups is 1. The second kappa shape index (κ2) is 7.52. The van der Waals surface area contributed by atoms with Crippen LogP contribution >= 0.6 is 0 Å². The van der Waals surface area contributed by atoms with Crippen LogP contribution in [0.15, 0.2) is 54.9 Å². The maximum Gasteiger partial charge on any atom is 0.255 e. The van der Waals surface area contributed by atoms with Gasteiger partial charge in [-0.15, -0.1) is 0 Å². The SMILES string of the molecule is O=C(c1cccnc1)N1C[C@@H]2C[C@@H](O)CN2C2(CN(CCc3ccccc3)C2)C1. The number of amides is 1. The van der Waals surface area contributed by atoms with Crippen molar-refractivity contribution in [3.8, 4) is 0 Å². The molecule has 3 saturated heterocycles. The fourth-order valence-corrected chi connectivity index (χ4v) is 5.40. The van der Waals surface area contributed by atoms with E-state index in [4.69, 9.17) is 0 Å². The van der Waals surface area contributed by atoms with Crippen LogP contribution in [-0.2, 0) is 6.42 Å². The molecule has 1 amide bonds. The lowest BCUT2D eigenvalue weighted by atomic mass is 9.83. The summed E-state index contributed by atoms with van der Waals surface area (Å²) in [7, 11) is 0. The summed E-state index contributed by atoms with van der Waals surface area (Å²) >= 11 is 0. The van der Waals surface area contributed by atoms with Crippen LogP contribution < -0.4 is 0 Å². The molecule has 2 aromatic rings. The molecule has 2 atom stereocenters. The van der Waals surface area contributed by atoms with Gasteiger partial charge in [0.2, 0.25) is 0 Å². The van der Waals surface area contributed by atoms with Crippen LogP contribution in [0.1, 0.15) is 22.3 Å². The number of likely N-dealkylation sites (tertiary alicyclic amines) is 1. The number of fused-ring (bicyclic) bond motifs is 2. The van der Waals surface area contributed by atoms with Gasteiger partial charge in [-0.25, -0.2) is 0 Å². The van der Waals surface area contributed by atoms with Crippen LogP contribution in [0.25, 0.3) is 0 Å². The molecule has 6 heteroatoms. The van der Waals surface area contributed by atoms with Crippen LogP contribution in [0, 0.1) is 0 Å². The van der Waals surface area contributed by atoms with Crippen molar-refractivity contribution in [2.24, 2.45) is 0 Å². The fraction of sp³-hybridized carbons (Fsp3) is 0.478. The van der Waals surface area contributed by atoms with E-state index in [9.17, 15) is 9.90 Å². The van der Waals surface area contributed by atoms with Gasteiger partial charge in [-0.2, -0.15) is 0 Å². The second-order valence-corrected chi connectivity index (χ2v) is 8.79. The highest BCUT2D eigenvalue weighted by molar-refractivity contribution is 5.94. The largest absolute Gasteiger partial charge is 0.392 e. The first-order valence-corrected chi connectivity index (χ1v) is 10.5. The topological polar surface area (TPSA) is 59.9 Å². The van der Waals surface area contributed by atoms with Crippen molar-refractivity contribution in [3.63, 3.8) is 0 Å². The summed E-state index contributed by atoms with van der Waals surface area (Å²) in [4.78, 5) is 24.1. The molecule has 0 radical (unpaired) electrons. The third kappa shape index (κ3) is 3.56. The minimum Gasteiger partial charge on any atom is -0.392 e. The molecule has 1 aromatic heterocycles. The number of carbonyl (C=O) groups excluding carboxylic acids is 1. The van der Waals surface area contributed by atoms with Gasteiger partial charge in [-0.05, 0) is 30.5 Å². The lowest BCUT2D eigenvalue weighted by Gasteiger charge is -2.61. The Kier molecular flexibility index (Phi) is 4.86. The number of piperazine rings is 1. The smallest absolute Gasteiger partial charge is 0.255 e. The highest BCUT2D eigenvalue weighted by Crippen LogP contribution is 2.39. The van der Waals surface area contributed by atoms with Gasteiger partial charge >= 0.3 is 0 Å². The maximum atomic E-state index is 13.1. The molecule has 6 nitrogen and oxygen atoms in total. The van der Waals surface area contributed by atoms with Gasteiger partial charge in [-0.1, -0.05) is 30.3 Å². The van der Waals surface area contributed by atoms with Crippen LogP contribution in [-0.4, -0.2) is 87.7 Å². The Labute approximate surface area is 171 Å². The first kappa shape index (κ1) is 18.7. The van der Waals surface area contributed by atoms with E-state index < -0.39 is 0 Å². The van der Waals surface area contributed by atoms with Gasteiger partial charge in [0.25, 0.3) is 5.91 Å². The number of β-amino-alcohol motifs (C(OH)–C–C–N with tert-alkyl or cyclic N) is 1. The number of hydrogen-bond donors (Lipinski definition) is 1. The van der Waals surface area contributed by atoms with Crippen LogP contribution in [0.4, 0.5) is 0 Å². The zero-order chi connectivity index (χ0) is 19.8. The molecule has 3 aliphatic heterocycles. The zero-order valence-corrected chi connectivity index (χ0v) is 16.7. The second-order valence-electron chi connectivity index (χ2n) is 8.79. The molecule has 1 spiro atoms. The molecule has 29 heavy (non-hydrogen) atoms. The summed E-state index contributed by atoms with van der Waals surface area (Å²) in [5.74, 6) is 0.0567. The first-order chi connectivity index (χ1) is 14.1.